The van der Waals surface area contributed by atoms with E-state index >= 15 is 0 Å². The lowest BCUT2D eigenvalue weighted by Crippen LogP contribution is -2.29. The number of likely N-dealkylation sites (N-methyl/N-ethyl adjacent to an activating group) is 1. The van der Waals surface area contributed by atoms with Gasteiger partial charge < -0.3 is 14.7 Å². The van der Waals surface area contributed by atoms with E-state index in [1.807, 2.05) is 14.1 Å². The molecule has 7 nitrogen and oxygen atoms in total. The van der Waals surface area contributed by atoms with Gasteiger partial charge in [0.05, 0.1) is 18.1 Å². The fourth-order valence-corrected chi connectivity index (χ4v) is 3.68. The molecule has 1 aromatic rings. The van der Waals surface area contributed by atoms with Gasteiger partial charge >= 0.3 is 0 Å². The Balaban J connectivity index is 1.77. The van der Waals surface area contributed by atoms with Crippen LogP contribution in [0.2, 0.25) is 0 Å². The molecule has 2 rings (SSSR count). The van der Waals surface area contributed by atoms with Crippen LogP contribution in [0.25, 0.3) is 0 Å². The topological polar surface area (TPSA) is 88.3 Å². The number of hydrogen-bond donors (Lipinski definition) is 1. The van der Waals surface area contributed by atoms with Crippen molar-refractivity contribution in [3.63, 3.8) is 0 Å². The van der Waals surface area contributed by atoms with Gasteiger partial charge in [-0.15, -0.1) is 0 Å². The Kier molecular flexibility index (Phi) is 4.54. The monoisotopic (exact) mass is 288 g/mol. The number of aromatic nitrogens is 2. The normalized spacial score (nSPS) is 22.2. The molecule has 1 unspecified atom stereocenters. The Morgan fingerprint density at radius 3 is 2.89 bits per heavy atom. The predicted octanol–water partition coefficient (Wildman–Crippen LogP) is -0.550. The molecule has 0 aliphatic carbocycles. The highest BCUT2D eigenvalue weighted by Crippen LogP contribution is 2.11. The van der Waals surface area contributed by atoms with Crippen molar-refractivity contribution in [2.75, 3.05) is 32.1 Å². The average Bonchev–Trinajstić information content (AvgIpc) is 2.90. The van der Waals surface area contributed by atoms with Crippen LogP contribution in [0, 0.1) is 0 Å². The standard InChI is InChI=1S/C11H20N4O3S/c1-15(2)5-3-10-13-11(18-14-10)7-12-9-4-6-19(16,17)8-9/h9,12H,3-8H2,1-2H3. The predicted molar refractivity (Wildman–Crippen MR) is 70.5 cm³/mol. The lowest BCUT2D eigenvalue weighted by Gasteiger charge is -2.07. The van der Waals surface area contributed by atoms with E-state index in [0.717, 1.165) is 13.0 Å². The quantitative estimate of drug-likeness (QED) is 0.751. The maximum Gasteiger partial charge on any atom is 0.240 e. The Morgan fingerprint density at radius 2 is 2.26 bits per heavy atom. The highest BCUT2D eigenvalue weighted by atomic mass is 32.2. The van der Waals surface area contributed by atoms with Crippen LogP contribution in [-0.2, 0) is 22.8 Å². The van der Waals surface area contributed by atoms with Crippen molar-refractivity contribution in [2.45, 2.75) is 25.4 Å². The first kappa shape index (κ1) is 14.4. The first-order valence-electron chi connectivity index (χ1n) is 6.34. The second kappa shape index (κ2) is 5.98. The SMILES string of the molecule is CN(C)CCc1noc(CNC2CCS(=O)(=O)C2)n1. The molecule has 1 aliphatic rings. The molecule has 1 N–H and O–H groups in total. The number of sulfone groups is 1. The van der Waals surface area contributed by atoms with Gasteiger partial charge in [0.2, 0.25) is 5.89 Å². The van der Waals surface area contributed by atoms with Crippen molar-refractivity contribution < 1.29 is 12.9 Å². The summed E-state index contributed by atoms with van der Waals surface area (Å²) >= 11 is 0. The van der Waals surface area contributed by atoms with Crippen LogP contribution >= 0.6 is 0 Å². The average molecular weight is 288 g/mol. The molecule has 0 bridgehead atoms. The van der Waals surface area contributed by atoms with Crippen LogP contribution in [0.3, 0.4) is 0 Å². The van der Waals surface area contributed by atoms with E-state index < -0.39 is 9.84 Å². The number of nitrogens with zero attached hydrogens (tertiary/aromatic N) is 3. The van der Waals surface area contributed by atoms with E-state index in [0.29, 0.717) is 24.7 Å². The van der Waals surface area contributed by atoms with Crippen molar-refractivity contribution in [2.24, 2.45) is 0 Å². The van der Waals surface area contributed by atoms with E-state index in [1.165, 1.54) is 0 Å². The van der Waals surface area contributed by atoms with E-state index in [1.54, 1.807) is 0 Å². The van der Waals surface area contributed by atoms with E-state index in [4.69, 9.17) is 4.52 Å². The van der Waals surface area contributed by atoms with Crippen molar-refractivity contribution >= 4 is 9.84 Å². The zero-order valence-electron chi connectivity index (χ0n) is 11.3. The minimum atomic E-state index is -2.85. The lowest BCUT2D eigenvalue weighted by molar-refractivity contribution is 0.351. The molecule has 8 heteroatoms. The zero-order valence-corrected chi connectivity index (χ0v) is 12.1. The van der Waals surface area contributed by atoms with Gasteiger partial charge in [0, 0.05) is 19.0 Å². The van der Waals surface area contributed by atoms with Crippen LogP contribution in [0.1, 0.15) is 18.1 Å². The van der Waals surface area contributed by atoms with Gasteiger partial charge in [-0.2, -0.15) is 4.98 Å². The summed E-state index contributed by atoms with van der Waals surface area (Å²) in [7, 11) is 1.13. The molecule has 19 heavy (non-hydrogen) atoms. The molecule has 1 atom stereocenters. The highest BCUT2D eigenvalue weighted by Gasteiger charge is 2.27. The molecule has 1 saturated heterocycles. The van der Waals surface area contributed by atoms with Gasteiger partial charge in [0.15, 0.2) is 15.7 Å². The Morgan fingerprint density at radius 1 is 1.47 bits per heavy atom. The molecule has 108 valence electrons. The molecule has 1 aromatic heterocycles. The van der Waals surface area contributed by atoms with Gasteiger partial charge in [-0.3, -0.25) is 0 Å². The molecule has 0 aromatic carbocycles. The maximum absolute atomic E-state index is 11.3. The molecular weight excluding hydrogens is 268 g/mol. The lowest BCUT2D eigenvalue weighted by atomic mass is 10.3. The Labute approximate surface area is 113 Å². The summed E-state index contributed by atoms with van der Waals surface area (Å²) in [5, 5.41) is 7.04. The summed E-state index contributed by atoms with van der Waals surface area (Å²) in [6, 6.07) is 0.00197. The van der Waals surface area contributed by atoms with Gasteiger partial charge in [-0.05, 0) is 20.5 Å². The van der Waals surface area contributed by atoms with Gasteiger partial charge in [0.25, 0.3) is 0 Å². The Bertz CT molecular complexity index is 512. The number of rotatable bonds is 6. The van der Waals surface area contributed by atoms with Crippen LogP contribution in [0.15, 0.2) is 4.52 Å². The highest BCUT2D eigenvalue weighted by molar-refractivity contribution is 7.91. The third-order valence-electron chi connectivity index (χ3n) is 3.07. The number of nitrogens with one attached hydrogen (secondary N) is 1. The first-order valence-corrected chi connectivity index (χ1v) is 8.17. The second-order valence-electron chi connectivity index (χ2n) is 5.14. The van der Waals surface area contributed by atoms with Gasteiger partial charge in [-0.1, -0.05) is 5.16 Å². The largest absolute Gasteiger partial charge is 0.338 e. The minimum Gasteiger partial charge on any atom is -0.338 e. The van der Waals surface area contributed by atoms with Crippen molar-refractivity contribution in [1.29, 1.82) is 0 Å². The van der Waals surface area contributed by atoms with Crippen LogP contribution < -0.4 is 5.32 Å². The summed E-state index contributed by atoms with van der Waals surface area (Å²) in [6.45, 7) is 1.29. The molecular formula is C11H20N4O3S. The molecule has 0 spiro atoms. The Hall–Kier alpha value is -0.990. The van der Waals surface area contributed by atoms with E-state index in [2.05, 4.69) is 20.4 Å². The van der Waals surface area contributed by atoms with E-state index in [9.17, 15) is 8.42 Å². The second-order valence-corrected chi connectivity index (χ2v) is 7.37. The van der Waals surface area contributed by atoms with Crippen molar-refractivity contribution in [3.8, 4) is 0 Å². The summed E-state index contributed by atoms with van der Waals surface area (Å²) in [4.78, 5) is 6.32. The number of hydrogen-bond acceptors (Lipinski definition) is 7. The van der Waals surface area contributed by atoms with Gasteiger partial charge in [0.1, 0.15) is 0 Å². The third kappa shape index (κ3) is 4.55. The van der Waals surface area contributed by atoms with Crippen molar-refractivity contribution in [3.05, 3.63) is 11.7 Å². The summed E-state index contributed by atoms with van der Waals surface area (Å²) in [5.74, 6) is 1.67. The fraction of sp³-hybridized carbons (Fsp3) is 0.818. The maximum atomic E-state index is 11.3. The van der Waals surface area contributed by atoms with Gasteiger partial charge in [-0.25, -0.2) is 8.42 Å². The molecule has 1 aliphatic heterocycles. The zero-order chi connectivity index (χ0) is 13.9. The molecule has 2 heterocycles. The molecule has 0 radical (unpaired) electrons. The smallest absolute Gasteiger partial charge is 0.240 e. The molecule has 1 fully saturated rings. The summed E-state index contributed by atoms with van der Waals surface area (Å²) in [6.07, 6.45) is 1.40. The van der Waals surface area contributed by atoms with Crippen LogP contribution in [-0.4, -0.2) is 61.6 Å². The summed E-state index contributed by atoms with van der Waals surface area (Å²) < 4.78 is 27.7. The molecule has 0 saturated carbocycles. The first-order chi connectivity index (χ1) is 8.94. The van der Waals surface area contributed by atoms with Crippen LogP contribution in [0.5, 0.6) is 0 Å². The fourth-order valence-electron chi connectivity index (χ4n) is 1.97. The minimum absolute atomic E-state index is 0.00197. The van der Waals surface area contributed by atoms with Crippen LogP contribution in [0.4, 0.5) is 0 Å². The summed E-state index contributed by atoms with van der Waals surface area (Å²) in [5.41, 5.74) is 0. The van der Waals surface area contributed by atoms with E-state index in [-0.39, 0.29) is 17.5 Å². The molecule has 0 amide bonds. The third-order valence-corrected chi connectivity index (χ3v) is 4.84. The van der Waals surface area contributed by atoms with Crippen molar-refractivity contribution in [1.82, 2.24) is 20.4 Å².